The number of fused-ring (bicyclic) bond motifs is 1. The molecule has 4 heteroatoms. The highest BCUT2D eigenvalue weighted by atomic mass is 35.5. The van der Waals surface area contributed by atoms with Crippen LogP contribution in [0.5, 0.6) is 0 Å². The molecule has 3 aromatic rings. The fourth-order valence-electron chi connectivity index (χ4n) is 2.12. The van der Waals surface area contributed by atoms with Gasteiger partial charge in [0.05, 0.1) is 16.8 Å². The standard InChI is InChI=1S/C15H13ClN2S/c1-10-2-7-13-14(8-10)19-15(17)18(13)9-11-3-5-12(16)6-4-11/h2-8,17H,9H2,1H3. The van der Waals surface area contributed by atoms with Gasteiger partial charge in [0, 0.05) is 5.02 Å². The fourth-order valence-corrected chi connectivity index (χ4v) is 3.26. The molecule has 2 aromatic carbocycles. The van der Waals surface area contributed by atoms with Gasteiger partial charge in [0.15, 0.2) is 4.80 Å². The van der Waals surface area contributed by atoms with Crippen molar-refractivity contribution in [3.63, 3.8) is 0 Å². The Balaban J connectivity index is 2.07. The Labute approximate surface area is 120 Å². The minimum absolute atomic E-state index is 0.579. The largest absolute Gasteiger partial charge is 0.312 e. The highest BCUT2D eigenvalue weighted by Gasteiger charge is 2.06. The molecule has 0 spiro atoms. The Morgan fingerprint density at radius 1 is 1.16 bits per heavy atom. The van der Waals surface area contributed by atoms with Crippen molar-refractivity contribution in [3.8, 4) is 0 Å². The summed E-state index contributed by atoms with van der Waals surface area (Å²) < 4.78 is 3.20. The second-order valence-electron chi connectivity index (χ2n) is 4.59. The average Bonchev–Trinajstić information content (AvgIpc) is 2.68. The second kappa shape index (κ2) is 4.83. The molecular formula is C15H13ClN2S. The predicted molar refractivity (Wildman–Crippen MR) is 81.0 cm³/mol. The van der Waals surface area contributed by atoms with Crippen molar-refractivity contribution in [1.82, 2.24) is 4.57 Å². The van der Waals surface area contributed by atoms with Crippen LogP contribution in [0.3, 0.4) is 0 Å². The smallest absolute Gasteiger partial charge is 0.183 e. The minimum Gasteiger partial charge on any atom is -0.312 e. The third-order valence-electron chi connectivity index (χ3n) is 3.11. The number of thiazole rings is 1. The van der Waals surface area contributed by atoms with E-state index in [4.69, 9.17) is 17.0 Å². The van der Waals surface area contributed by atoms with Crippen LogP contribution >= 0.6 is 22.9 Å². The summed E-state index contributed by atoms with van der Waals surface area (Å²) in [6.45, 7) is 2.78. The van der Waals surface area contributed by atoms with Crippen LogP contribution in [0.1, 0.15) is 11.1 Å². The first-order valence-corrected chi connectivity index (χ1v) is 7.22. The summed E-state index contributed by atoms with van der Waals surface area (Å²) in [5.41, 5.74) is 3.51. The van der Waals surface area contributed by atoms with Crippen molar-refractivity contribution in [2.24, 2.45) is 0 Å². The first-order valence-electron chi connectivity index (χ1n) is 6.02. The van der Waals surface area contributed by atoms with E-state index in [2.05, 4.69) is 25.1 Å². The highest BCUT2D eigenvalue weighted by molar-refractivity contribution is 7.16. The minimum atomic E-state index is 0.579. The molecule has 0 saturated carbocycles. The molecule has 19 heavy (non-hydrogen) atoms. The molecule has 0 radical (unpaired) electrons. The zero-order valence-corrected chi connectivity index (χ0v) is 12.1. The summed E-state index contributed by atoms with van der Waals surface area (Å²) >= 11 is 7.41. The molecule has 0 atom stereocenters. The molecule has 0 saturated heterocycles. The van der Waals surface area contributed by atoms with E-state index in [0.717, 1.165) is 16.1 Å². The van der Waals surface area contributed by atoms with E-state index in [-0.39, 0.29) is 0 Å². The topological polar surface area (TPSA) is 28.8 Å². The van der Waals surface area contributed by atoms with E-state index in [9.17, 15) is 0 Å². The summed E-state index contributed by atoms with van der Waals surface area (Å²) in [6, 6.07) is 14.1. The summed E-state index contributed by atoms with van der Waals surface area (Å²) in [4.78, 5) is 0.579. The van der Waals surface area contributed by atoms with Crippen LogP contribution in [-0.4, -0.2) is 4.57 Å². The Hall–Kier alpha value is -1.58. The van der Waals surface area contributed by atoms with Gasteiger partial charge >= 0.3 is 0 Å². The lowest BCUT2D eigenvalue weighted by Crippen LogP contribution is -2.13. The van der Waals surface area contributed by atoms with E-state index in [1.54, 1.807) is 0 Å². The number of nitrogens with zero attached hydrogens (tertiary/aromatic N) is 1. The molecule has 1 aromatic heterocycles. The van der Waals surface area contributed by atoms with Crippen molar-refractivity contribution in [2.75, 3.05) is 0 Å². The molecule has 0 aliphatic rings. The number of benzene rings is 2. The molecule has 0 aliphatic heterocycles. The molecule has 0 unspecified atom stereocenters. The number of halogens is 1. The zero-order chi connectivity index (χ0) is 13.4. The van der Waals surface area contributed by atoms with Gasteiger partial charge in [-0.3, -0.25) is 5.41 Å². The van der Waals surface area contributed by atoms with E-state index in [1.807, 2.05) is 28.8 Å². The SMILES string of the molecule is Cc1ccc2c(c1)sc(=N)n2Cc1ccc(Cl)cc1. The average molecular weight is 289 g/mol. The van der Waals surface area contributed by atoms with Crippen molar-refractivity contribution >= 4 is 33.2 Å². The maximum atomic E-state index is 8.12. The number of aromatic nitrogens is 1. The van der Waals surface area contributed by atoms with E-state index >= 15 is 0 Å². The maximum Gasteiger partial charge on any atom is 0.183 e. The monoisotopic (exact) mass is 288 g/mol. The number of aryl methyl sites for hydroxylation is 1. The molecule has 96 valence electrons. The lowest BCUT2D eigenvalue weighted by molar-refractivity contribution is 0.789. The third-order valence-corrected chi connectivity index (χ3v) is 4.32. The van der Waals surface area contributed by atoms with Crippen molar-refractivity contribution in [2.45, 2.75) is 13.5 Å². The molecular weight excluding hydrogens is 276 g/mol. The Morgan fingerprint density at radius 2 is 1.89 bits per heavy atom. The van der Waals surface area contributed by atoms with Gasteiger partial charge in [0.2, 0.25) is 0 Å². The van der Waals surface area contributed by atoms with Crippen molar-refractivity contribution in [1.29, 1.82) is 5.41 Å². The van der Waals surface area contributed by atoms with Crippen LogP contribution in [0, 0.1) is 12.3 Å². The number of rotatable bonds is 2. The summed E-state index contributed by atoms with van der Waals surface area (Å²) in [7, 11) is 0. The van der Waals surface area contributed by atoms with Gasteiger partial charge in [-0.15, -0.1) is 0 Å². The maximum absolute atomic E-state index is 8.12. The molecule has 0 fully saturated rings. The quantitative estimate of drug-likeness (QED) is 0.732. The lowest BCUT2D eigenvalue weighted by Gasteiger charge is -2.05. The summed E-state index contributed by atoms with van der Waals surface area (Å²) in [5.74, 6) is 0. The molecule has 1 N–H and O–H groups in total. The van der Waals surface area contributed by atoms with Gasteiger partial charge in [0.1, 0.15) is 0 Å². The van der Waals surface area contributed by atoms with Gasteiger partial charge in [-0.25, -0.2) is 0 Å². The van der Waals surface area contributed by atoms with Gasteiger partial charge in [-0.05, 0) is 42.3 Å². The van der Waals surface area contributed by atoms with Gasteiger partial charge in [-0.1, -0.05) is 41.1 Å². The Morgan fingerprint density at radius 3 is 2.63 bits per heavy atom. The predicted octanol–water partition coefficient (Wildman–Crippen LogP) is 4.19. The molecule has 0 bridgehead atoms. The van der Waals surface area contributed by atoms with Gasteiger partial charge in [0.25, 0.3) is 0 Å². The van der Waals surface area contributed by atoms with E-state index in [0.29, 0.717) is 11.3 Å². The highest BCUT2D eigenvalue weighted by Crippen LogP contribution is 2.20. The summed E-state index contributed by atoms with van der Waals surface area (Å²) in [5, 5.41) is 8.86. The van der Waals surface area contributed by atoms with Crippen LogP contribution < -0.4 is 4.80 Å². The lowest BCUT2D eigenvalue weighted by atomic mass is 10.2. The van der Waals surface area contributed by atoms with Gasteiger partial charge < -0.3 is 4.57 Å². The van der Waals surface area contributed by atoms with Crippen molar-refractivity contribution < 1.29 is 0 Å². The van der Waals surface area contributed by atoms with Crippen LogP contribution in [0.25, 0.3) is 10.2 Å². The van der Waals surface area contributed by atoms with Crippen LogP contribution in [0.2, 0.25) is 5.02 Å². The van der Waals surface area contributed by atoms with Crippen LogP contribution in [-0.2, 0) is 6.54 Å². The normalized spacial score (nSPS) is 11.1. The Bertz CT molecular complexity index is 784. The van der Waals surface area contributed by atoms with E-state index in [1.165, 1.54) is 21.6 Å². The molecule has 0 aliphatic carbocycles. The van der Waals surface area contributed by atoms with E-state index < -0.39 is 0 Å². The number of hydrogen-bond acceptors (Lipinski definition) is 2. The fraction of sp³-hybridized carbons (Fsp3) is 0.133. The van der Waals surface area contributed by atoms with Gasteiger partial charge in [-0.2, -0.15) is 0 Å². The molecule has 2 nitrogen and oxygen atoms in total. The number of nitrogens with one attached hydrogen (secondary N) is 1. The van der Waals surface area contributed by atoms with Crippen molar-refractivity contribution in [3.05, 3.63) is 63.4 Å². The van der Waals surface area contributed by atoms with Crippen LogP contribution in [0.4, 0.5) is 0 Å². The zero-order valence-electron chi connectivity index (χ0n) is 10.5. The molecule has 3 rings (SSSR count). The number of hydrogen-bond donors (Lipinski definition) is 1. The first-order chi connectivity index (χ1) is 9.13. The first kappa shape index (κ1) is 12.5. The van der Waals surface area contributed by atoms with Crippen LogP contribution in [0.15, 0.2) is 42.5 Å². The third kappa shape index (κ3) is 2.44. The molecule has 0 amide bonds. The molecule has 1 heterocycles. The second-order valence-corrected chi connectivity index (χ2v) is 6.06. The Kier molecular flexibility index (Phi) is 3.17. The summed E-state index contributed by atoms with van der Waals surface area (Å²) in [6.07, 6.45) is 0.